The highest BCUT2D eigenvalue weighted by atomic mass is 16.6. The molecule has 2 aromatic rings. The molecule has 0 saturated heterocycles. The Morgan fingerprint density at radius 2 is 1.55 bits per heavy atom. The van der Waals surface area contributed by atoms with E-state index in [0.29, 0.717) is 31.8 Å². The van der Waals surface area contributed by atoms with Gasteiger partial charge in [0.1, 0.15) is 5.75 Å². The molecule has 0 aliphatic heterocycles. The lowest BCUT2D eigenvalue weighted by molar-refractivity contribution is -0.156. The van der Waals surface area contributed by atoms with Crippen molar-refractivity contribution in [2.45, 2.75) is 52.7 Å². The summed E-state index contributed by atoms with van der Waals surface area (Å²) in [5.74, 6) is 0.366. The number of rotatable bonds is 12. The van der Waals surface area contributed by atoms with Crippen LogP contribution in [0.5, 0.6) is 5.75 Å². The number of carbonyl (C=O) groups is 2. The highest BCUT2D eigenvalue weighted by Crippen LogP contribution is 2.16. The summed E-state index contributed by atoms with van der Waals surface area (Å²) in [7, 11) is 0. The number of carbonyl (C=O) groups excluding carboxylic acids is 2. The van der Waals surface area contributed by atoms with Crippen LogP contribution in [0.4, 0.5) is 0 Å². The second-order valence-electron chi connectivity index (χ2n) is 7.47. The maximum Gasteiger partial charge on any atom is 0.335 e. The molecule has 2 rings (SSSR count). The number of esters is 1. The molecule has 0 fully saturated rings. The standard InChI is InChI=1S/C25H33NO5/c1-5-29-23(25(28)30-6-2)17-20-9-13-22(14-10-20)31-16-15-19-7-11-21(12-8-19)24(27)26-18(3)4/h7-14,18,23H,5-6,15-17H2,1-4H3,(H,26,27). The van der Waals surface area contributed by atoms with Gasteiger partial charge < -0.3 is 19.5 Å². The number of benzene rings is 2. The molecule has 2 aromatic carbocycles. The number of hydrogen-bond donors (Lipinski definition) is 1. The molecule has 0 bridgehead atoms. The average Bonchev–Trinajstić information content (AvgIpc) is 2.75. The average molecular weight is 428 g/mol. The minimum atomic E-state index is -0.595. The summed E-state index contributed by atoms with van der Waals surface area (Å²) in [5.41, 5.74) is 2.74. The normalized spacial score (nSPS) is 11.8. The molecule has 6 heteroatoms. The topological polar surface area (TPSA) is 73.9 Å². The number of nitrogens with one attached hydrogen (secondary N) is 1. The van der Waals surface area contributed by atoms with Gasteiger partial charge in [0.2, 0.25) is 0 Å². The Hall–Kier alpha value is -2.86. The van der Waals surface area contributed by atoms with Crippen LogP contribution in [0.3, 0.4) is 0 Å². The van der Waals surface area contributed by atoms with Crippen LogP contribution in [0.2, 0.25) is 0 Å². The predicted molar refractivity (Wildman–Crippen MR) is 120 cm³/mol. The van der Waals surface area contributed by atoms with Crippen LogP contribution < -0.4 is 10.1 Å². The Morgan fingerprint density at radius 1 is 0.903 bits per heavy atom. The number of amides is 1. The zero-order chi connectivity index (χ0) is 22.6. The summed E-state index contributed by atoms with van der Waals surface area (Å²) in [6.45, 7) is 8.84. The van der Waals surface area contributed by atoms with E-state index in [0.717, 1.165) is 23.3 Å². The van der Waals surface area contributed by atoms with Gasteiger partial charge in [0.05, 0.1) is 13.2 Å². The van der Waals surface area contributed by atoms with Crippen molar-refractivity contribution in [3.8, 4) is 5.75 Å². The molecule has 1 atom stereocenters. The fraction of sp³-hybridized carbons (Fsp3) is 0.440. The lowest BCUT2D eigenvalue weighted by Gasteiger charge is -2.15. The van der Waals surface area contributed by atoms with Gasteiger partial charge in [-0.15, -0.1) is 0 Å². The van der Waals surface area contributed by atoms with Crippen LogP contribution in [0.1, 0.15) is 49.2 Å². The fourth-order valence-corrected chi connectivity index (χ4v) is 3.04. The molecular formula is C25H33NO5. The zero-order valence-electron chi connectivity index (χ0n) is 18.9. The Bertz CT molecular complexity index is 815. The van der Waals surface area contributed by atoms with Gasteiger partial charge in [-0.2, -0.15) is 0 Å². The Morgan fingerprint density at radius 3 is 2.13 bits per heavy atom. The number of ether oxygens (including phenoxy) is 3. The Labute approximate surface area is 184 Å². The van der Waals surface area contributed by atoms with Crippen molar-refractivity contribution in [3.63, 3.8) is 0 Å². The first kappa shape index (κ1) is 24.4. The maximum absolute atomic E-state index is 12.0. The number of hydrogen-bond acceptors (Lipinski definition) is 5. The largest absolute Gasteiger partial charge is 0.493 e. The molecule has 168 valence electrons. The SMILES string of the molecule is CCOC(=O)C(Cc1ccc(OCCc2ccc(C(=O)NC(C)C)cc2)cc1)OCC. The Kier molecular flexibility index (Phi) is 10.0. The molecule has 0 heterocycles. The zero-order valence-corrected chi connectivity index (χ0v) is 18.9. The molecule has 0 saturated carbocycles. The summed E-state index contributed by atoms with van der Waals surface area (Å²) in [6.07, 6.45) is 0.606. The van der Waals surface area contributed by atoms with Crippen LogP contribution >= 0.6 is 0 Å². The monoisotopic (exact) mass is 427 g/mol. The van der Waals surface area contributed by atoms with E-state index < -0.39 is 6.10 Å². The van der Waals surface area contributed by atoms with Crippen LogP contribution in [0, 0.1) is 0 Å². The lowest BCUT2D eigenvalue weighted by Crippen LogP contribution is -2.29. The van der Waals surface area contributed by atoms with Crippen LogP contribution in [-0.4, -0.2) is 43.8 Å². The van der Waals surface area contributed by atoms with Crippen molar-refractivity contribution >= 4 is 11.9 Å². The van der Waals surface area contributed by atoms with Gasteiger partial charge in [-0.05, 0) is 63.1 Å². The third-order valence-electron chi connectivity index (χ3n) is 4.56. The van der Waals surface area contributed by atoms with Crippen molar-refractivity contribution in [2.24, 2.45) is 0 Å². The molecule has 6 nitrogen and oxygen atoms in total. The summed E-state index contributed by atoms with van der Waals surface area (Å²) in [6, 6.07) is 15.3. The van der Waals surface area contributed by atoms with Crippen molar-refractivity contribution < 1.29 is 23.8 Å². The van der Waals surface area contributed by atoms with E-state index in [1.165, 1.54) is 0 Å². The minimum Gasteiger partial charge on any atom is -0.493 e. The van der Waals surface area contributed by atoms with E-state index in [2.05, 4.69) is 5.32 Å². The third-order valence-corrected chi connectivity index (χ3v) is 4.56. The first-order valence-corrected chi connectivity index (χ1v) is 10.8. The van der Waals surface area contributed by atoms with E-state index in [9.17, 15) is 9.59 Å². The van der Waals surface area contributed by atoms with E-state index in [-0.39, 0.29) is 17.9 Å². The molecule has 0 aliphatic carbocycles. The third kappa shape index (κ3) is 8.42. The highest BCUT2D eigenvalue weighted by molar-refractivity contribution is 5.94. The van der Waals surface area contributed by atoms with Gasteiger partial charge in [0, 0.05) is 31.1 Å². The van der Waals surface area contributed by atoms with Gasteiger partial charge >= 0.3 is 5.97 Å². The van der Waals surface area contributed by atoms with E-state index in [1.54, 1.807) is 6.92 Å². The van der Waals surface area contributed by atoms with Crippen molar-refractivity contribution in [3.05, 3.63) is 65.2 Å². The molecule has 1 unspecified atom stereocenters. The summed E-state index contributed by atoms with van der Waals surface area (Å²) in [5, 5.41) is 2.88. The first-order valence-electron chi connectivity index (χ1n) is 10.8. The lowest BCUT2D eigenvalue weighted by atomic mass is 10.1. The van der Waals surface area contributed by atoms with E-state index >= 15 is 0 Å². The van der Waals surface area contributed by atoms with Crippen molar-refractivity contribution in [1.29, 1.82) is 0 Å². The molecule has 0 aliphatic rings. The van der Waals surface area contributed by atoms with Gasteiger partial charge in [-0.25, -0.2) is 4.79 Å². The minimum absolute atomic E-state index is 0.0626. The van der Waals surface area contributed by atoms with Gasteiger partial charge in [-0.3, -0.25) is 4.79 Å². The van der Waals surface area contributed by atoms with E-state index in [1.807, 2.05) is 69.3 Å². The van der Waals surface area contributed by atoms with E-state index in [4.69, 9.17) is 14.2 Å². The van der Waals surface area contributed by atoms with Crippen molar-refractivity contribution in [2.75, 3.05) is 19.8 Å². The molecule has 1 N–H and O–H groups in total. The molecular weight excluding hydrogens is 394 g/mol. The second kappa shape index (κ2) is 12.7. The predicted octanol–water partition coefficient (Wildman–Crippen LogP) is 3.96. The summed E-state index contributed by atoms with van der Waals surface area (Å²) >= 11 is 0. The summed E-state index contributed by atoms with van der Waals surface area (Å²) < 4.78 is 16.4. The van der Waals surface area contributed by atoms with Crippen molar-refractivity contribution in [1.82, 2.24) is 5.32 Å². The molecule has 0 aromatic heterocycles. The van der Waals surface area contributed by atoms with Gasteiger partial charge in [0.15, 0.2) is 6.10 Å². The maximum atomic E-state index is 12.0. The van der Waals surface area contributed by atoms with Gasteiger partial charge in [-0.1, -0.05) is 24.3 Å². The highest BCUT2D eigenvalue weighted by Gasteiger charge is 2.20. The molecule has 1 amide bonds. The summed E-state index contributed by atoms with van der Waals surface area (Å²) in [4.78, 5) is 24.0. The smallest absolute Gasteiger partial charge is 0.335 e. The van der Waals surface area contributed by atoms with Gasteiger partial charge in [0.25, 0.3) is 5.91 Å². The molecule has 0 radical (unpaired) electrons. The Balaban J connectivity index is 1.82. The quantitative estimate of drug-likeness (QED) is 0.519. The first-order chi connectivity index (χ1) is 14.9. The second-order valence-corrected chi connectivity index (χ2v) is 7.47. The van der Waals surface area contributed by atoms with Crippen LogP contribution in [0.15, 0.2) is 48.5 Å². The molecule has 31 heavy (non-hydrogen) atoms. The molecule has 0 spiro atoms. The van der Waals surface area contributed by atoms with Crippen LogP contribution in [-0.2, 0) is 27.1 Å². The van der Waals surface area contributed by atoms with Crippen LogP contribution in [0.25, 0.3) is 0 Å². The fourth-order valence-electron chi connectivity index (χ4n) is 3.04.